The molecule has 5 heteroatoms. The van der Waals surface area contributed by atoms with Gasteiger partial charge in [-0.2, -0.15) is 0 Å². The van der Waals surface area contributed by atoms with E-state index in [2.05, 4.69) is 14.9 Å². The molecule has 0 aliphatic carbocycles. The number of carbonyl (C=O) groups excluding carboxylic acids is 1. The van der Waals surface area contributed by atoms with Gasteiger partial charge in [0, 0.05) is 38.4 Å². The Balaban J connectivity index is 1.89. The Labute approximate surface area is 124 Å². The number of aliphatic hydroxyl groups is 1. The molecule has 110 valence electrons. The molecular formula is C16H19N3O2. The first-order valence-corrected chi connectivity index (χ1v) is 6.96. The molecule has 2 rings (SSSR count). The van der Waals surface area contributed by atoms with Crippen LogP contribution in [0.5, 0.6) is 0 Å². The summed E-state index contributed by atoms with van der Waals surface area (Å²) in [7, 11) is 0. The highest BCUT2D eigenvalue weighted by Crippen LogP contribution is 2.06. The molecule has 0 amide bonds. The van der Waals surface area contributed by atoms with Crippen molar-refractivity contribution in [3.63, 3.8) is 0 Å². The molecule has 1 aromatic heterocycles. The Hall–Kier alpha value is -2.11. The van der Waals surface area contributed by atoms with Crippen LogP contribution in [-0.2, 0) is 6.54 Å². The van der Waals surface area contributed by atoms with Crippen LogP contribution < -0.4 is 0 Å². The molecule has 0 saturated heterocycles. The van der Waals surface area contributed by atoms with Gasteiger partial charge in [0.05, 0.1) is 12.8 Å². The van der Waals surface area contributed by atoms with Crippen molar-refractivity contribution in [1.29, 1.82) is 0 Å². The third-order valence-electron chi connectivity index (χ3n) is 3.17. The van der Waals surface area contributed by atoms with Crippen LogP contribution in [0.25, 0.3) is 0 Å². The van der Waals surface area contributed by atoms with E-state index in [1.54, 1.807) is 6.20 Å². The minimum Gasteiger partial charge on any atom is -0.395 e. The molecule has 1 aromatic carbocycles. The van der Waals surface area contributed by atoms with E-state index >= 15 is 0 Å². The summed E-state index contributed by atoms with van der Waals surface area (Å²) in [5.41, 5.74) is 1.55. The van der Waals surface area contributed by atoms with Gasteiger partial charge in [0.25, 0.3) is 0 Å². The summed E-state index contributed by atoms with van der Waals surface area (Å²) >= 11 is 0. The van der Waals surface area contributed by atoms with Crippen LogP contribution in [0.1, 0.15) is 22.5 Å². The summed E-state index contributed by atoms with van der Waals surface area (Å²) in [5.74, 6) is -0.0286. The number of benzene rings is 1. The smallest absolute Gasteiger partial charge is 0.184 e. The lowest BCUT2D eigenvalue weighted by Gasteiger charge is -2.20. The van der Waals surface area contributed by atoms with Gasteiger partial charge in [-0.15, -0.1) is 0 Å². The SMILES string of the molecule is O=C(CCN(CCO)Cc1ccccc1)c1cnccn1. The van der Waals surface area contributed by atoms with Crippen molar-refractivity contribution >= 4 is 5.78 Å². The average Bonchev–Trinajstić information content (AvgIpc) is 2.54. The van der Waals surface area contributed by atoms with Crippen molar-refractivity contribution in [3.05, 3.63) is 60.2 Å². The van der Waals surface area contributed by atoms with Crippen LogP contribution in [0, 0.1) is 0 Å². The monoisotopic (exact) mass is 285 g/mol. The Morgan fingerprint density at radius 2 is 1.95 bits per heavy atom. The lowest BCUT2D eigenvalue weighted by Crippen LogP contribution is -2.29. The van der Waals surface area contributed by atoms with E-state index < -0.39 is 0 Å². The molecule has 2 aromatic rings. The van der Waals surface area contributed by atoms with Gasteiger partial charge in [-0.05, 0) is 5.56 Å². The Morgan fingerprint density at radius 3 is 2.62 bits per heavy atom. The van der Waals surface area contributed by atoms with E-state index in [-0.39, 0.29) is 12.4 Å². The van der Waals surface area contributed by atoms with Gasteiger partial charge in [0.15, 0.2) is 5.78 Å². The summed E-state index contributed by atoms with van der Waals surface area (Å²) in [6.45, 7) is 1.93. The highest BCUT2D eigenvalue weighted by atomic mass is 16.3. The standard InChI is InChI=1S/C16H19N3O2/c20-11-10-19(13-14-4-2-1-3-5-14)9-6-16(21)15-12-17-7-8-18-15/h1-5,7-8,12,20H,6,9-11,13H2. The normalized spacial score (nSPS) is 10.8. The maximum absolute atomic E-state index is 12.0. The zero-order chi connectivity index (χ0) is 14.9. The van der Waals surface area contributed by atoms with E-state index in [1.807, 2.05) is 30.3 Å². The van der Waals surface area contributed by atoms with Gasteiger partial charge >= 0.3 is 0 Å². The highest BCUT2D eigenvalue weighted by Gasteiger charge is 2.11. The molecule has 0 fully saturated rings. The molecule has 0 unspecified atom stereocenters. The Kier molecular flexibility index (Phi) is 5.99. The van der Waals surface area contributed by atoms with Crippen molar-refractivity contribution in [2.24, 2.45) is 0 Å². The maximum Gasteiger partial charge on any atom is 0.184 e. The number of nitrogens with zero attached hydrogens (tertiary/aromatic N) is 3. The fourth-order valence-corrected chi connectivity index (χ4v) is 2.08. The molecule has 0 saturated carbocycles. The molecule has 0 atom stereocenters. The molecule has 0 spiro atoms. The van der Waals surface area contributed by atoms with Gasteiger partial charge in [0.1, 0.15) is 5.69 Å². The number of Topliss-reactive ketones (excluding diaryl/α,β-unsaturated/α-hetero) is 1. The van der Waals surface area contributed by atoms with Gasteiger partial charge < -0.3 is 5.11 Å². The van der Waals surface area contributed by atoms with Crippen LogP contribution in [0.15, 0.2) is 48.9 Å². The van der Waals surface area contributed by atoms with Crippen LogP contribution in [-0.4, -0.2) is 45.5 Å². The quantitative estimate of drug-likeness (QED) is 0.745. The Morgan fingerprint density at radius 1 is 1.14 bits per heavy atom. The van der Waals surface area contributed by atoms with E-state index in [0.717, 1.165) is 12.1 Å². The summed E-state index contributed by atoms with van der Waals surface area (Å²) < 4.78 is 0. The second-order valence-electron chi connectivity index (χ2n) is 4.75. The van der Waals surface area contributed by atoms with E-state index in [4.69, 9.17) is 5.11 Å². The van der Waals surface area contributed by atoms with Crippen molar-refractivity contribution in [2.75, 3.05) is 19.7 Å². The summed E-state index contributed by atoms with van der Waals surface area (Å²) in [6, 6.07) is 10.0. The molecule has 1 heterocycles. The number of aliphatic hydroxyl groups excluding tert-OH is 1. The van der Waals surface area contributed by atoms with Crippen molar-refractivity contribution < 1.29 is 9.90 Å². The number of carbonyl (C=O) groups is 1. The third kappa shape index (κ3) is 5.06. The maximum atomic E-state index is 12.0. The topological polar surface area (TPSA) is 66.3 Å². The molecule has 5 nitrogen and oxygen atoms in total. The largest absolute Gasteiger partial charge is 0.395 e. The van der Waals surface area contributed by atoms with Gasteiger partial charge in [-0.3, -0.25) is 14.7 Å². The molecule has 21 heavy (non-hydrogen) atoms. The fourth-order valence-electron chi connectivity index (χ4n) is 2.08. The van der Waals surface area contributed by atoms with Gasteiger partial charge in [-0.25, -0.2) is 4.98 Å². The van der Waals surface area contributed by atoms with Crippen molar-refractivity contribution in [1.82, 2.24) is 14.9 Å². The van der Waals surface area contributed by atoms with Crippen LogP contribution >= 0.6 is 0 Å². The minimum absolute atomic E-state index is 0.0286. The molecular weight excluding hydrogens is 266 g/mol. The predicted octanol–water partition coefficient (Wildman–Crippen LogP) is 1.54. The lowest BCUT2D eigenvalue weighted by atomic mass is 10.2. The predicted molar refractivity (Wildman–Crippen MR) is 79.8 cm³/mol. The number of ketones is 1. The zero-order valence-electron chi connectivity index (χ0n) is 11.9. The van der Waals surface area contributed by atoms with E-state index in [1.165, 1.54) is 12.4 Å². The average molecular weight is 285 g/mol. The molecule has 0 radical (unpaired) electrons. The van der Waals surface area contributed by atoms with E-state index in [0.29, 0.717) is 25.2 Å². The first-order valence-electron chi connectivity index (χ1n) is 6.96. The first-order chi connectivity index (χ1) is 10.3. The molecule has 0 aliphatic rings. The van der Waals surface area contributed by atoms with E-state index in [9.17, 15) is 4.79 Å². The molecule has 0 bridgehead atoms. The summed E-state index contributed by atoms with van der Waals surface area (Å²) in [4.78, 5) is 22.0. The van der Waals surface area contributed by atoms with Gasteiger partial charge in [0.2, 0.25) is 0 Å². The first kappa shape index (κ1) is 15.3. The number of hydrogen-bond acceptors (Lipinski definition) is 5. The number of rotatable bonds is 8. The summed E-state index contributed by atoms with van der Waals surface area (Å²) in [6.07, 6.45) is 4.91. The number of aromatic nitrogens is 2. The fraction of sp³-hybridized carbons (Fsp3) is 0.312. The minimum atomic E-state index is -0.0286. The van der Waals surface area contributed by atoms with Crippen LogP contribution in [0.2, 0.25) is 0 Å². The highest BCUT2D eigenvalue weighted by molar-refractivity contribution is 5.93. The number of hydrogen-bond donors (Lipinski definition) is 1. The van der Waals surface area contributed by atoms with Crippen LogP contribution in [0.3, 0.4) is 0 Å². The van der Waals surface area contributed by atoms with Crippen molar-refractivity contribution in [3.8, 4) is 0 Å². The van der Waals surface area contributed by atoms with Crippen molar-refractivity contribution in [2.45, 2.75) is 13.0 Å². The second kappa shape index (κ2) is 8.24. The molecule has 1 N–H and O–H groups in total. The second-order valence-corrected chi connectivity index (χ2v) is 4.75. The zero-order valence-corrected chi connectivity index (χ0v) is 11.9. The Bertz CT molecular complexity index is 546. The third-order valence-corrected chi connectivity index (χ3v) is 3.17. The molecule has 0 aliphatic heterocycles. The summed E-state index contributed by atoms with van der Waals surface area (Å²) in [5, 5.41) is 9.15. The van der Waals surface area contributed by atoms with Crippen LogP contribution in [0.4, 0.5) is 0 Å². The van der Waals surface area contributed by atoms with Gasteiger partial charge in [-0.1, -0.05) is 30.3 Å². The lowest BCUT2D eigenvalue weighted by molar-refractivity contribution is 0.0949.